The van der Waals surface area contributed by atoms with E-state index >= 15 is 0 Å². The highest BCUT2D eigenvalue weighted by molar-refractivity contribution is 9.12. The molecule has 0 unspecified atom stereocenters. The van der Waals surface area contributed by atoms with Gasteiger partial charge in [-0.2, -0.15) is 0 Å². The third kappa shape index (κ3) is 2.32. The zero-order chi connectivity index (χ0) is 8.48. The van der Waals surface area contributed by atoms with Crippen LogP contribution in [0.15, 0.2) is 21.5 Å². The zero-order valence-corrected chi connectivity index (χ0v) is 8.71. The minimum atomic E-state index is -3.52. The molecule has 0 atom stereocenters. The minimum absolute atomic E-state index is 0.279. The van der Waals surface area contributed by atoms with E-state index in [9.17, 15) is 8.42 Å². The quantitative estimate of drug-likeness (QED) is 0.677. The molecule has 0 aromatic carbocycles. The van der Waals surface area contributed by atoms with Crippen molar-refractivity contribution in [1.29, 1.82) is 0 Å². The molecule has 0 radical (unpaired) electrons. The van der Waals surface area contributed by atoms with Gasteiger partial charge in [-0.15, -0.1) is 0 Å². The van der Waals surface area contributed by atoms with E-state index in [1.54, 1.807) is 6.08 Å². The van der Waals surface area contributed by atoms with E-state index in [4.69, 9.17) is 10.7 Å². The Bertz CT molecular complexity index is 315. The van der Waals surface area contributed by atoms with Crippen LogP contribution < -0.4 is 0 Å². The normalized spacial score (nSPS) is 19.1. The Morgan fingerprint density at radius 1 is 1.55 bits per heavy atom. The van der Waals surface area contributed by atoms with Gasteiger partial charge in [0.05, 0.1) is 4.91 Å². The maximum absolute atomic E-state index is 10.8. The predicted octanol–water partition coefficient (Wildman–Crippen LogP) is 2.51. The van der Waals surface area contributed by atoms with E-state index < -0.39 is 9.05 Å². The monoisotopic (exact) mass is 256 g/mol. The van der Waals surface area contributed by atoms with Crippen LogP contribution in [0.2, 0.25) is 0 Å². The second-order valence-electron chi connectivity index (χ2n) is 2.15. The number of hydrogen-bond acceptors (Lipinski definition) is 2. The van der Waals surface area contributed by atoms with Crippen LogP contribution in [-0.4, -0.2) is 8.42 Å². The Morgan fingerprint density at radius 3 is 2.55 bits per heavy atom. The molecule has 62 valence electrons. The van der Waals surface area contributed by atoms with Crippen molar-refractivity contribution < 1.29 is 8.42 Å². The maximum atomic E-state index is 10.8. The van der Waals surface area contributed by atoms with Gasteiger partial charge in [0, 0.05) is 15.2 Å². The molecule has 0 N–H and O–H groups in total. The topological polar surface area (TPSA) is 34.1 Å². The van der Waals surface area contributed by atoms with Gasteiger partial charge in [-0.1, -0.05) is 12.2 Å². The Morgan fingerprint density at radius 2 is 2.18 bits per heavy atom. The fourth-order valence-corrected chi connectivity index (χ4v) is 3.30. The maximum Gasteiger partial charge on any atom is 0.258 e. The molecule has 0 fully saturated rings. The lowest BCUT2D eigenvalue weighted by Crippen LogP contribution is -1.99. The summed E-state index contributed by atoms with van der Waals surface area (Å²) in [5.74, 6) is 0. The molecule has 0 amide bonds. The van der Waals surface area contributed by atoms with Crippen LogP contribution in [0.1, 0.15) is 12.8 Å². The SMILES string of the molecule is O=S(=O)(Cl)C1=C(Br)C=CCC1. The summed E-state index contributed by atoms with van der Waals surface area (Å²) in [4.78, 5) is 0.279. The van der Waals surface area contributed by atoms with E-state index in [1.807, 2.05) is 6.08 Å². The van der Waals surface area contributed by atoms with Crippen LogP contribution in [0.4, 0.5) is 0 Å². The Kier molecular flexibility index (Phi) is 2.78. The average Bonchev–Trinajstić information content (AvgIpc) is 1.86. The molecular weight excluding hydrogens is 251 g/mol. The second-order valence-corrected chi connectivity index (χ2v) is 5.59. The molecule has 5 heteroatoms. The van der Waals surface area contributed by atoms with Crippen LogP contribution >= 0.6 is 26.6 Å². The Balaban J connectivity index is 3.13. The minimum Gasteiger partial charge on any atom is -0.207 e. The highest BCUT2D eigenvalue weighted by Gasteiger charge is 2.18. The van der Waals surface area contributed by atoms with Crippen LogP contribution in [-0.2, 0) is 9.05 Å². The Hall–Kier alpha value is 0.200. The van der Waals surface area contributed by atoms with Crippen molar-refractivity contribution in [2.45, 2.75) is 12.8 Å². The predicted molar refractivity (Wildman–Crippen MR) is 49.1 cm³/mol. The van der Waals surface area contributed by atoms with Crippen molar-refractivity contribution in [1.82, 2.24) is 0 Å². The molecular formula is C6H6BrClO2S. The van der Waals surface area contributed by atoms with Gasteiger partial charge in [0.1, 0.15) is 0 Å². The Labute approximate surface area is 78.5 Å². The van der Waals surface area contributed by atoms with Crippen LogP contribution in [0, 0.1) is 0 Å². The molecule has 0 saturated carbocycles. The van der Waals surface area contributed by atoms with Gasteiger partial charge in [0.25, 0.3) is 9.05 Å². The summed E-state index contributed by atoms with van der Waals surface area (Å²) < 4.78 is 22.2. The molecule has 0 aliphatic heterocycles. The molecule has 0 aromatic rings. The lowest BCUT2D eigenvalue weighted by atomic mass is 10.2. The third-order valence-corrected chi connectivity index (χ3v) is 3.94. The number of hydrogen-bond donors (Lipinski definition) is 0. The summed E-state index contributed by atoms with van der Waals surface area (Å²) in [6, 6.07) is 0. The first-order valence-corrected chi connectivity index (χ1v) is 6.12. The van der Waals surface area contributed by atoms with E-state index in [1.165, 1.54) is 0 Å². The molecule has 0 aromatic heterocycles. The van der Waals surface area contributed by atoms with Gasteiger partial charge < -0.3 is 0 Å². The fourth-order valence-electron chi connectivity index (χ4n) is 0.852. The molecule has 11 heavy (non-hydrogen) atoms. The summed E-state index contributed by atoms with van der Waals surface area (Å²) in [6.45, 7) is 0. The smallest absolute Gasteiger partial charge is 0.207 e. The summed E-state index contributed by atoms with van der Waals surface area (Å²) in [6.07, 6.45) is 4.83. The van der Waals surface area contributed by atoms with Crippen LogP contribution in [0.5, 0.6) is 0 Å². The molecule has 1 rings (SSSR count). The van der Waals surface area contributed by atoms with E-state index in [2.05, 4.69) is 15.9 Å². The van der Waals surface area contributed by atoms with E-state index in [0.717, 1.165) is 6.42 Å². The van der Waals surface area contributed by atoms with Gasteiger partial charge in [-0.3, -0.25) is 0 Å². The molecule has 0 spiro atoms. The van der Waals surface area contributed by atoms with Crippen molar-refractivity contribution in [3.63, 3.8) is 0 Å². The third-order valence-electron chi connectivity index (χ3n) is 1.36. The number of halogens is 2. The standard InChI is InChI=1S/C6H6BrClO2S/c7-5-3-1-2-4-6(5)11(8,9)10/h1,3H,2,4H2. The van der Waals surface area contributed by atoms with Gasteiger partial charge in [-0.05, 0) is 28.8 Å². The summed E-state index contributed by atoms with van der Waals surface area (Å²) >= 11 is 3.12. The van der Waals surface area contributed by atoms with E-state index in [0.29, 0.717) is 10.9 Å². The highest BCUT2D eigenvalue weighted by atomic mass is 79.9. The molecule has 0 heterocycles. The molecule has 0 saturated heterocycles. The molecule has 1 aliphatic carbocycles. The first kappa shape index (κ1) is 9.29. The summed E-state index contributed by atoms with van der Waals surface area (Å²) in [7, 11) is 1.64. The summed E-state index contributed by atoms with van der Waals surface area (Å²) in [5.41, 5.74) is 0. The lowest BCUT2D eigenvalue weighted by Gasteiger charge is -2.07. The van der Waals surface area contributed by atoms with Crippen molar-refractivity contribution in [2.24, 2.45) is 0 Å². The van der Waals surface area contributed by atoms with Crippen LogP contribution in [0.25, 0.3) is 0 Å². The first-order chi connectivity index (χ1) is 5.02. The van der Waals surface area contributed by atoms with E-state index in [-0.39, 0.29) is 4.91 Å². The first-order valence-electron chi connectivity index (χ1n) is 3.01. The summed E-state index contributed by atoms with van der Waals surface area (Å²) in [5, 5.41) is 0. The average molecular weight is 258 g/mol. The molecule has 0 bridgehead atoms. The van der Waals surface area contributed by atoms with Crippen molar-refractivity contribution in [2.75, 3.05) is 0 Å². The largest absolute Gasteiger partial charge is 0.258 e. The highest BCUT2D eigenvalue weighted by Crippen LogP contribution is 2.29. The zero-order valence-electron chi connectivity index (χ0n) is 5.55. The van der Waals surface area contributed by atoms with Gasteiger partial charge in [0.15, 0.2) is 0 Å². The van der Waals surface area contributed by atoms with Gasteiger partial charge in [-0.25, -0.2) is 8.42 Å². The lowest BCUT2D eigenvalue weighted by molar-refractivity contribution is 0.613. The van der Waals surface area contributed by atoms with Crippen molar-refractivity contribution in [3.8, 4) is 0 Å². The number of rotatable bonds is 1. The van der Waals surface area contributed by atoms with Gasteiger partial charge >= 0.3 is 0 Å². The van der Waals surface area contributed by atoms with Gasteiger partial charge in [0.2, 0.25) is 0 Å². The molecule has 1 aliphatic rings. The molecule has 2 nitrogen and oxygen atoms in total. The van der Waals surface area contributed by atoms with Crippen molar-refractivity contribution >= 4 is 35.7 Å². The second kappa shape index (κ2) is 3.29. The number of allylic oxidation sites excluding steroid dienone is 4. The van der Waals surface area contributed by atoms with Crippen molar-refractivity contribution in [3.05, 3.63) is 21.5 Å². The van der Waals surface area contributed by atoms with Crippen LogP contribution in [0.3, 0.4) is 0 Å². The fraction of sp³-hybridized carbons (Fsp3) is 0.333.